The molecule has 1 aliphatic heterocycles. The van der Waals surface area contributed by atoms with Crippen LogP contribution in [0.2, 0.25) is 0 Å². The summed E-state index contributed by atoms with van der Waals surface area (Å²) in [6.07, 6.45) is 2.72. The van der Waals surface area contributed by atoms with Gasteiger partial charge < -0.3 is 9.64 Å². The topological polar surface area (TPSA) is 55.3 Å². The van der Waals surface area contributed by atoms with Gasteiger partial charge >= 0.3 is 6.18 Å². The van der Waals surface area contributed by atoms with Crippen LogP contribution in [0.3, 0.4) is 0 Å². The van der Waals surface area contributed by atoms with Crippen molar-refractivity contribution in [2.24, 2.45) is 11.3 Å². The lowest BCUT2D eigenvalue weighted by Crippen LogP contribution is -2.53. The number of halogens is 3. The van der Waals surface area contributed by atoms with E-state index in [0.717, 1.165) is 24.7 Å². The Bertz CT molecular complexity index is 872. The minimum absolute atomic E-state index is 0.130. The Labute approximate surface area is 179 Å². The van der Waals surface area contributed by atoms with Crippen molar-refractivity contribution < 1.29 is 22.7 Å². The molecule has 8 heteroatoms. The van der Waals surface area contributed by atoms with Crippen molar-refractivity contribution in [3.63, 3.8) is 0 Å². The van der Waals surface area contributed by atoms with Crippen LogP contribution in [0.25, 0.3) is 11.3 Å². The number of likely N-dealkylation sites (tertiary alicyclic amines) is 1. The molecule has 1 aliphatic carbocycles. The molecule has 0 N–H and O–H groups in total. The van der Waals surface area contributed by atoms with Crippen molar-refractivity contribution in [1.82, 2.24) is 14.9 Å². The molecule has 166 valence electrons. The highest BCUT2D eigenvalue weighted by molar-refractivity contribution is 5.76. The molecule has 0 amide bonds. The van der Waals surface area contributed by atoms with E-state index in [-0.39, 0.29) is 19.4 Å². The zero-order chi connectivity index (χ0) is 21.9. The molecule has 5 nitrogen and oxygen atoms in total. The Morgan fingerprint density at radius 1 is 1.10 bits per heavy atom. The van der Waals surface area contributed by atoms with Crippen molar-refractivity contribution >= 4 is 6.29 Å². The molecule has 0 bridgehead atoms. The van der Waals surface area contributed by atoms with Gasteiger partial charge in [0.2, 0.25) is 5.88 Å². The van der Waals surface area contributed by atoms with Crippen molar-refractivity contribution in [2.75, 3.05) is 26.2 Å². The van der Waals surface area contributed by atoms with E-state index < -0.39 is 11.6 Å². The molecule has 4 rings (SSSR count). The molecule has 2 heterocycles. The Balaban J connectivity index is 1.24. The second-order valence-corrected chi connectivity index (χ2v) is 8.64. The number of hydrogen-bond donors (Lipinski definition) is 0. The minimum Gasteiger partial charge on any atom is -0.476 e. The number of carbonyl (C=O) groups is 1. The zero-order valence-electron chi connectivity index (χ0n) is 17.3. The molecule has 2 aromatic rings. The first-order valence-corrected chi connectivity index (χ1v) is 10.7. The highest BCUT2D eigenvalue weighted by Crippen LogP contribution is 2.53. The van der Waals surface area contributed by atoms with Crippen LogP contribution in [-0.4, -0.2) is 53.6 Å². The number of nitrogens with zero attached hydrogens (tertiary/aromatic N) is 3. The number of piperidine rings is 1. The fraction of sp³-hybridized carbons (Fsp3) is 0.522. The maximum Gasteiger partial charge on any atom is 0.395 e. The van der Waals surface area contributed by atoms with Gasteiger partial charge in [-0.1, -0.05) is 30.7 Å². The Morgan fingerprint density at radius 2 is 1.81 bits per heavy atom. The molecular formula is C23H26F3N3O2. The van der Waals surface area contributed by atoms with Crippen LogP contribution in [0.4, 0.5) is 13.2 Å². The second kappa shape index (κ2) is 8.94. The number of aromatic nitrogens is 2. The molecule has 0 radical (unpaired) electrons. The van der Waals surface area contributed by atoms with E-state index in [9.17, 15) is 18.0 Å². The number of benzene rings is 1. The first-order chi connectivity index (χ1) is 14.9. The van der Waals surface area contributed by atoms with E-state index in [1.807, 2.05) is 17.0 Å². The van der Waals surface area contributed by atoms with Crippen LogP contribution < -0.4 is 4.74 Å². The number of alkyl halides is 3. The third-order valence-electron chi connectivity index (χ3n) is 6.58. The quantitative estimate of drug-likeness (QED) is 0.589. The van der Waals surface area contributed by atoms with Crippen molar-refractivity contribution in [2.45, 2.75) is 38.3 Å². The molecule has 0 unspecified atom stereocenters. The fourth-order valence-electron chi connectivity index (χ4n) is 4.35. The molecule has 1 saturated heterocycles. The molecule has 2 fully saturated rings. The summed E-state index contributed by atoms with van der Waals surface area (Å²) in [4.78, 5) is 21.4. The van der Waals surface area contributed by atoms with Gasteiger partial charge in [-0.3, -0.25) is 4.79 Å². The Morgan fingerprint density at radius 3 is 2.32 bits per heavy atom. The summed E-state index contributed by atoms with van der Waals surface area (Å²) >= 11 is 0. The third kappa shape index (κ3) is 4.89. The summed E-state index contributed by atoms with van der Waals surface area (Å²) in [7, 11) is 0. The summed E-state index contributed by atoms with van der Waals surface area (Å²) in [5.74, 6) is 0.734. The van der Waals surface area contributed by atoms with Crippen LogP contribution in [-0.2, 0) is 0 Å². The van der Waals surface area contributed by atoms with Gasteiger partial charge in [0, 0.05) is 17.7 Å². The molecule has 31 heavy (non-hydrogen) atoms. The maximum absolute atomic E-state index is 13.4. The minimum atomic E-state index is -4.10. The van der Waals surface area contributed by atoms with E-state index in [2.05, 4.69) is 9.97 Å². The SMILES string of the molecule is O=Cc1ccc(-c2cnc(OCC3CCN(CC4(C(F)(F)F)CCC4)CC3)cn2)cc1. The molecule has 1 aromatic carbocycles. The van der Waals surface area contributed by atoms with Crippen molar-refractivity contribution in [3.8, 4) is 17.1 Å². The first-order valence-electron chi connectivity index (χ1n) is 10.7. The average molecular weight is 433 g/mol. The summed E-state index contributed by atoms with van der Waals surface area (Å²) < 4.78 is 46.0. The van der Waals surface area contributed by atoms with Gasteiger partial charge in [0.05, 0.1) is 30.1 Å². The van der Waals surface area contributed by atoms with Gasteiger partial charge in [-0.25, -0.2) is 9.97 Å². The van der Waals surface area contributed by atoms with Crippen LogP contribution in [0, 0.1) is 11.3 Å². The van der Waals surface area contributed by atoms with E-state index in [4.69, 9.17) is 4.74 Å². The highest BCUT2D eigenvalue weighted by Gasteiger charge is 2.58. The number of rotatable bonds is 7. The van der Waals surface area contributed by atoms with Gasteiger partial charge in [0.25, 0.3) is 0 Å². The lowest BCUT2D eigenvalue weighted by molar-refractivity contribution is -0.256. The molecule has 0 spiro atoms. The summed E-state index contributed by atoms with van der Waals surface area (Å²) in [6.45, 7) is 1.96. The lowest BCUT2D eigenvalue weighted by atomic mass is 9.67. The normalized spacial score (nSPS) is 19.6. The van der Waals surface area contributed by atoms with Gasteiger partial charge in [-0.05, 0) is 44.7 Å². The van der Waals surface area contributed by atoms with Crippen LogP contribution in [0.15, 0.2) is 36.7 Å². The van der Waals surface area contributed by atoms with E-state index >= 15 is 0 Å². The van der Waals surface area contributed by atoms with E-state index in [1.54, 1.807) is 24.5 Å². The van der Waals surface area contributed by atoms with Crippen LogP contribution in [0.5, 0.6) is 5.88 Å². The smallest absolute Gasteiger partial charge is 0.395 e. The van der Waals surface area contributed by atoms with Crippen molar-refractivity contribution in [3.05, 3.63) is 42.2 Å². The summed E-state index contributed by atoms with van der Waals surface area (Å²) in [6, 6.07) is 7.08. The maximum atomic E-state index is 13.4. The van der Waals surface area contributed by atoms with Gasteiger partial charge in [0.15, 0.2) is 0 Å². The lowest BCUT2D eigenvalue weighted by Gasteiger charge is -2.47. The van der Waals surface area contributed by atoms with Crippen LogP contribution >= 0.6 is 0 Å². The largest absolute Gasteiger partial charge is 0.476 e. The standard InChI is InChI=1S/C23H26F3N3O2/c24-23(25,26)22(8-1-9-22)16-29-10-6-18(7-11-29)15-31-21-13-27-20(12-28-21)19-4-2-17(14-30)3-5-19/h2-5,12-14,18H,1,6-11,15-16H2. The highest BCUT2D eigenvalue weighted by atomic mass is 19.4. The monoisotopic (exact) mass is 433 g/mol. The number of hydrogen-bond acceptors (Lipinski definition) is 5. The summed E-state index contributed by atoms with van der Waals surface area (Å²) in [5, 5.41) is 0. The Hall–Kier alpha value is -2.48. The number of carbonyl (C=O) groups excluding carboxylic acids is 1. The van der Waals surface area contributed by atoms with Crippen LogP contribution in [0.1, 0.15) is 42.5 Å². The Kier molecular flexibility index (Phi) is 6.27. The zero-order valence-corrected chi connectivity index (χ0v) is 17.3. The molecule has 0 atom stereocenters. The van der Waals surface area contributed by atoms with E-state index in [0.29, 0.717) is 49.2 Å². The number of aldehydes is 1. The van der Waals surface area contributed by atoms with Gasteiger partial charge in [-0.2, -0.15) is 13.2 Å². The molecule has 1 saturated carbocycles. The molecule has 1 aromatic heterocycles. The second-order valence-electron chi connectivity index (χ2n) is 8.64. The number of ether oxygens (including phenoxy) is 1. The van der Waals surface area contributed by atoms with E-state index in [1.165, 1.54) is 0 Å². The predicted octanol–water partition coefficient (Wildman–Crippen LogP) is 4.78. The average Bonchev–Trinajstić information content (AvgIpc) is 2.75. The molecular weight excluding hydrogens is 407 g/mol. The molecule has 2 aliphatic rings. The summed E-state index contributed by atoms with van der Waals surface area (Å²) in [5.41, 5.74) is 0.665. The fourth-order valence-corrected chi connectivity index (χ4v) is 4.35. The van der Waals surface area contributed by atoms with Gasteiger partial charge in [0.1, 0.15) is 6.29 Å². The van der Waals surface area contributed by atoms with Gasteiger partial charge in [-0.15, -0.1) is 0 Å². The van der Waals surface area contributed by atoms with Crippen molar-refractivity contribution in [1.29, 1.82) is 0 Å². The predicted molar refractivity (Wildman–Crippen MR) is 110 cm³/mol. The first kappa shape index (κ1) is 21.7. The third-order valence-corrected chi connectivity index (χ3v) is 6.58.